The first-order chi connectivity index (χ1) is 15.5. The van der Waals surface area contributed by atoms with Gasteiger partial charge in [0.25, 0.3) is 5.91 Å². The Bertz CT molecular complexity index is 1200. The number of benzene rings is 2. The van der Waals surface area contributed by atoms with Gasteiger partial charge in [-0.1, -0.05) is 41.1 Å². The number of halogens is 1. The number of esters is 1. The molecule has 0 saturated heterocycles. The van der Waals surface area contributed by atoms with Crippen LogP contribution in [0.2, 0.25) is 5.02 Å². The van der Waals surface area contributed by atoms with Crippen molar-refractivity contribution in [2.75, 3.05) is 18.6 Å². The summed E-state index contributed by atoms with van der Waals surface area (Å²) in [5.74, 6) is -0.375. The number of aliphatic hydroxyl groups is 1. The van der Waals surface area contributed by atoms with Crippen LogP contribution in [0.25, 0.3) is 21.3 Å². The number of methoxy groups -OCH3 is 1. The summed E-state index contributed by atoms with van der Waals surface area (Å²) in [6.45, 7) is 7.70. The monoisotopic (exact) mass is 486 g/mol. The van der Waals surface area contributed by atoms with Crippen molar-refractivity contribution in [3.63, 3.8) is 0 Å². The Hall–Kier alpha value is -2.74. The Morgan fingerprint density at radius 2 is 1.91 bits per heavy atom. The van der Waals surface area contributed by atoms with Gasteiger partial charge in [-0.3, -0.25) is 14.5 Å². The van der Waals surface area contributed by atoms with Crippen molar-refractivity contribution in [2.45, 2.75) is 39.7 Å². The lowest BCUT2D eigenvalue weighted by Crippen LogP contribution is -2.24. The van der Waals surface area contributed by atoms with E-state index in [2.05, 4.69) is 0 Å². The summed E-state index contributed by atoms with van der Waals surface area (Å²) in [6, 6.07) is 9.46. The smallest absolute Gasteiger partial charge is 0.310 e. The van der Waals surface area contributed by atoms with Crippen LogP contribution < -0.4 is 4.90 Å². The first-order valence-electron chi connectivity index (χ1n) is 10.4. The summed E-state index contributed by atoms with van der Waals surface area (Å²) < 4.78 is 5.83. The third-order valence-electron chi connectivity index (χ3n) is 4.73. The molecule has 0 bridgehead atoms. The minimum absolute atomic E-state index is 0.0707. The van der Waals surface area contributed by atoms with Crippen LogP contribution in [0.1, 0.15) is 31.9 Å². The predicted molar refractivity (Wildman–Crippen MR) is 134 cm³/mol. The number of thiazole rings is 1. The Morgan fingerprint density at radius 3 is 2.45 bits per heavy atom. The molecule has 6 nitrogen and oxygen atoms in total. The number of aromatic nitrogens is 1. The number of fused-ring (bicyclic) bond motifs is 1. The maximum absolute atomic E-state index is 12.1. The van der Waals surface area contributed by atoms with Crippen LogP contribution in [0.5, 0.6) is 0 Å². The van der Waals surface area contributed by atoms with Gasteiger partial charge in [0.05, 0.1) is 29.3 Å². The van der Waals surface area contributed by atoms with Crippen molar-refractivity contribution in [3.8, 4) is 11.1 Å². The molecule has 4 rings (SSSR count). The van der Waals surface area contributed by atoms with E-state index in [1.54, 1.807) is 31.7 Å². The van der Waals surface area contributed by atoms with Crippen LogP contribution in [0, 0.1) is 6.92 Å². The number of amides is 1. The van der Waals surface area contributed by atoms with Gasteiger partial charge in [-0.15, -0.1) is 0 Å². The molecule has 1 amide bonds. The molecule has 1 aromatic heterocycles. The minimum Gasteiger partial charge on any atom is -0.469 e. The molecule has 0 aliphatic carbocycles. The first kappa shape index (κ1) is 24.9. The minimum atomic E-state index is -0.500. The zero-order valence-corrected chi connectivity index (χ0v) is 20.9. The second kappa shape index (κ2) is 10.0. The Kier molecular flexibility index (Phi) is 7.57. The maximum Gasteiger partial charge on any atom is 0.310 e. The highest BCUT2D eigenvalue weighted by Crippen LogP contribution is 2.41. The first-order valence-corrected chi connectivity index (χ1v) is 11.6. The van der Waals surface area contributed by atoms with E-state index < -0.39 is 5.60 Å². The predicted octanol–water partition coefficient (Wildman–Crippen LogP) is 5.32. The van der Waals surface area contributed by atoms with Crippen molar-refractivity contribution >= 4 is 50.2 Å². The van der Waals surface area contributed by atoms with Crippen molar-refractivity contribution in [1.29, 1.82) is 0 Å². The van der Waals surface area contributed by atoms with Gasteiger partial charge in [-0.2, -0.15) is 0 Å². The average molecular weight is 487 g/mol. The van der Waals surface area contributed by atoms with E-state index in [1.807, 2.05) is 43.3 Å². The number of anilines is 1. The Balaban J connectivity index is 0.000000555. The Morgan fingerprint density at radius 1 is 1.27 bits per heavy atom. The molecule has 0 saturated carbocycles. The van der Waals surface area contributed by atoms with Crippen LogP contribution in [0.15, 0.2) is 42.5 Å². The summed E-state index contributed by atoms with van der Waals surface area (Å²) in [5, 5.41) is 9.81. The lowest BCUT2D eigenvalue weighted by molar-refractivity contribution is -0.139. The maximum atomic E-state index is 12.1. The molecule has 2 heterocycles. The number of carbonyl (C=O) groups excluding carboxylic acids is 2. The van der Waals surface area contributed by atoms with E-state index in [1.165, 1.54) is 18.4 Å². The normalized spacial score (nSPS) is 13.3. The Labute approximate surface area is 202 Å². The van der Waals surface area contributed by atoms with Crippen LogP contribution in [-0.4, -0.2) is 41.2 Å². The molecule has 2 aromatic carbocycles. The molecular formula is C25H27ClN2O4S. The van der Waals surface area contributed by atoms with E-state index in [9.17, 15) is 9.59 Å². The summed E-state index contributed by atoms with van der Waals surface area (Å²) in [7, 11) is 1.38. The van der Waals surface area contributed by atoms with Crippen LogP contribution in [0.4, 0.5) is 5.13 Å². The zero-order valence-electron chi connectivity index (χ0n) is 19.3. The number of ether oxygens (including phenoxy) is 1. The lowest BCUT2D eigenvalue weighted by atomic mass is 9.93. The third kappa shape index (κ3) is 6.19. The van der Waals surface area contributed by atoms with E-state index >= 15 is 0 Å². The van der Waals surface area contributed by atoms with E-state index in [4.69, 9.17) is 26.4 Å². The van der Waals surface area contributed by atoms with Gasteiger partial charge in [0.1, 0.15) is 0 Å². The summed E-state index contributed by atoms with van der Waals surface area (Å²) in [4.78, 5) is 30.5. The molecule has 1 aliphatic rings. The van der Waals surface area contributed by atoms with Crippen molar-refractivity contribution < 1.29 is 19.4 Å². The average Bonchev–Trinajstić information content (AvgIpc) is 3.33. The van der Waals surface area contributed by atoms with Crippen LogP contribution in [0.3, 0.4) is 0 Å². The molecule has 0 fully saturated rings. The van der Waals surface area contributed by atoms with Crippen molar-refractivity contribution in [2.24, 2.45) is 0 Å². The van der Waals surface area contributed by atoms with Crippen LogP contribution >= 0.6 is 22.9 Å². The van der Waals surface area contributed by atoms with E-state index in [0.717, 1.165) is 32.5 Å². The van der Waals surface area contributed by atoms with Gasteiger partial charge in [0.2, 0.25) is 0 Å². The number of aryl methyl sites for hydroxylation is 1. The fraction of sp³-hybridized carbons (Fsp3) is 0.320. The lowest BCUT2D eigenvalue weighted by Gasteiger charge is -2.13. The van der Waals surface area contributed by atoms with E-state index in [-0.39, 0.29) is 18.3 Å². The van der Waals surface area contributed by atoms with Gasteiger partial charge in [-0.25, -0.2) is 4.98 Å². The standard InChI is InChI=1S/C21H17ClN2O3S.C4H10O/c1-12-10-16-20(28-21(23-16)24-9-3-4-17(24)25)19(15(12)11-18(26)27-2)13-5-7-14(22)8-6-13;1-4(2,3)5/h3-8,10H,9,11H2,1-2H3;5H,1-3H3. The summed E-state index contributed by atoms with van der Waals surface area (Å²) in [5.41, 5.74) is 4.02. The molecule has 1 aliphatic heterocycles. The molecule has 3 aromatic rings. The molecule has 33 heavy (non-hydrogen) atoms. The molecule has 0 spiro atoms. The largest absolute Gasteiger partial charge is 0.469 e. The van der Waals surface area contributed by atoms with Gasteiger partial charge in [-0.05, 0) is 62.6 Å². The van der Waals surface area contributed by atoms with Crippen molar-refractivity contribution in [3.05, 3.63) is 58.6 Å². The molecule has 174 valence electrons. The number of rotatable bonds is 4. The second-order valence-electron chi connectivity index (χ2n) is 8.67. The fourth-order valence-corrected chi connectivity index (χ4v) is 4.60. The number of hydrogen-bond acceptors (Lipinski definition) is 6. The van der Waals surface area contributed by atoms with E-state index in [0.29, 0.717) is 16.7 Å². The van der Waals surface area contributed by atoms with Gasteiger partial charge in [0, 0.05) is 23.2 Å². The molecular weight excluding hydrogens is 460 g/mol. The summed E-state index contributed by atoms with van der Waals surface area (Å²) >= 11 is 7.52. The fourth-order valence-electron chi connectivity index (χ4n) is 3.32. The topological polar surface area (TPSA) is 79.7 Å². The van der Waals surface area contributed by atoms with Crippen molar-refractivity contribution in [1.82, 2.24) is 4.98 Å². The highest BCUT2D eigenvalue weighted by Gasteiger charge is 2.24. The molecule has 8 heteroatoms. The quantitative estimate of drug-likeness (QED) is 0.505. The van der Waals surface area contributed by atoms with Gasteiger partial charge < -0.3 is 9.84 Å². The second-order valence-corrected chi connectivity index (χ2v) is 10.1. The zero-order chi connectivity index (χ0) is 24.3. The third-order valence-corrected chi connectivity index (χ3v) is 6.09. The highest BCUT2D eigenvalue weighted by molar-refractivity contribution is 7.23. The van der Waals surface area contributed by atoms with Gasteiger partial charge in [0.15, 0.2) is 5.13 Å². The van der Waals surface area contributed by atoms with Crippen LogP contribution in [-0.2, 0) is 20.7 Å². The molecule has 0 unspecified atom stereocenters. The molecule has 0 atom stereocenters. The van der Waals surface area contributed by atoms with Gasteiger partial charge >= 0.3 is 5.97 Å². The molecule has 0 radical (unpaired) electrons. The summed E-state index contributed by atoms with van der Waals surface area (Å²) in [6.07, 6.45) is 3.54. The number of hydrogen-bond donors (Lipinski definition) is 1. The SMILES string of the molecule is CC(C)(C)O.COC(=O)Cc1c(C)cc2nc(N3CC=CC3=O)sc2c1-c1ccc(Cl)cc1. The number of nitrogens with zero attached hydrogens (tertiary/aromatic N) is 2. The number of carbonyl (C=O) groups is 2. The molecule has 1 N–H and O–H groups in total. The highest BCUT2D eigenvalue weighted by atomic mass is 35.5.